The smallest absolute Gasteiger partial charge is 0.456 e. The second kappa shape index (κ2) is 9.32. The van der Waals surface area contributed by atoms with Crippen molar-refractivity contribution in [1.82, 2.24) is 0 Å². The summed E-state index contributed by atoms with van der Waals surface area (Å²) in [7, 11) is 0. The van der Waals surface area contributed by atoms with E-state index >= 15 is 0 Å². The molecule has 0 amide bonds. The first-order chi connectivity index (χ1) is 17.3. The van der Waals surface area contributed by atoms with Crippen LogP contribution in [-0.4, -0.2) is 52.6 Å². The molecule has 0 unspecified atom stereocenters. The Hall–Kier alpha value is -3.48. The van der Waals surface area contributed by atoms with E-state index in [1.165, 1.54) is 18.2 Å². The Labute approximate surface area is 204 Å². The first-order valence-electron chi connectivity index (χ1n) is 9.46. The Morgan fingerprint density at radius 3 is 1.64 bits per heavy atom. The van der Waals surface area contributed by atoms with Crippen molar-refractivity contribution in [3.8, 4) is 0 Å². The van der Waals surface area contributed by atoms with E-state index in [0.29, 0.717) is 6.07 Å². The zero-order valence-corrected chi connectivity index (χ0v) is 17.9. The fraction of sp³-hybridized carbons (Fsp3) is 0.421. The minimum absolute atomic E-state index is 0.120. The lowest BCUT2D eigenvalue weighted by molar-refractivity contribution is -0.450. The molecule has 20 heteroatoms. The highest BCUT2D eigenvalue weighted by molar-refractivity contribution is 5.92. The minimum atomic E-state index is -8.57. The van der Waals surface area contributed by atoms with Crippen LogP contribution in [0.3, 0.4) is 0 Å². The first-order valence-corrected chi connectivity index (χ1v) is 9.46. The Kier molecular flexibility index (Phi) is 7.58. The van der Waals surface area contributed by atoms with Crippen molar-refractivity contribution in [2.24, 2.45) is 0 Å². The number of carbonyl (C=O) groups is 1. The molecule has 0 aliphatic heterocycles. The Morgan fingerprint density at radius 2 is 1.15 bits per heavy atom. The molecule has 218 valence electrons. The van der Waals surface area contributed by atoms with Crippen LogP contribution in [0.1, 0.15) is 5.56 Å². The van der Waals surface area contributed by atoms with Crippen LogP contribution in [-0.2, 0) is 16.1 Å². The van der Waals surface area contributed by atoms with Crippen LogP contribution in [0.15, 0.2) is 36.4 Å². The highest BCUT2D eigenvalue weighted by atomic mass is 19.4. The number of benzene rings is 2. The number of alkyl halides is 15. The Bertz CT molecular complexity index is 1270. The molecular formula is C19H8F15NO4. The van der Waals surface area contributed by atoms with E-state index in [4.69, 9.17) is 0 Å². The zero-order valence-electron chi connectivity index (χ0n) is 17.9. The molecule has 0 aliphatic rings. The number of fused-ring (bicyclic) bond motifs is 1. The molecule has 0 atom stereocenters. The maximum absolute atomic E-state index is 13.9. The van der Waals surface area contributed by atoms with Gasteiger partial charge in [0.1, 0.15) is 6.61 Å². The van der Waals surface area contributed by atoms with Crippen molar-refractivity contribution in [3.05, 3.63) is 52.1 Å². The van der Waals surface area contributed by atoms with Crippen LogP contribution in [0, 0.1) is 10.1 Å². The largest absolute Gasteiger partial charge is 0.460 e. The molecule has 0 saturated heterocycles. The van der Waals surface area contributed by atoms with E-state index in [0.717, 1.165) is 12.1 Å². The number of esters is 1. The number of carbonyl (C=O) groups excluding carboxylic acids is 1. The van der Waals surface area contributed by atoms with Gasteiger partial charge in [0.25, 0.3) is 5.69 Å². The average Bonchev–Trinajstić information content (AvgIpc) is 2.80. The molecule has 0 bridgehead atoms. The van der Waals surface area contributed by atoms with E-state index in [9.17, 15) is 80.8 Å². The summed E-state index contributed by atoms with van der Waals surface area (Å²) in [5, 5.41) is 11.2. The number of nitro groups is 1. The molecule has 0 radical (unpaired) electrons. The van der Waals surface area contributed by atoms with Gasteiger partial charge in [-0.25, -0.2) is 4.79 Å². The summed E-state index contributed by atoms with van der Waals surface area (Å²) in [4.78, 5) is 21.6. The van der Waals surface area contributed by atoms with Crippen LogP contribution in [0.4, 0.5) is 71.5 Å². The third-order valence-electron chi connectivity index (χ3n) is 5.11. The monoisotopic (exact) mass is 599 g/mol. The summed E-state index contributed by atoms with van der Waals surface area (Å²) in [5.41, 5.74) is -1.86. The number of halogens is 15. The molecule has 5 nitrogen and oxygen atoms in total. The molecule has 2 aromatic rings. The number of nitro benzene ring substituents is 1. The van der Waals surface area contributed by atoms with Gasteiger partial charge in [-0.15, -0.1) is 0 Å². The van der Waals surface area contributed by atoms with Crippen LogP contribution in [0.2, 0.25) is 0 Å². The van der Waals surface area contributed by atoms with Crippen molar-refractivity contribution in [2.75, 3.05) is 0 Å². The van der Waals surface area contributed by atoms with Gasteiger partial charge in [-0.2, -0.15) is 65.9 Å². The summed E-state index contributed by atoms with van der Waals surface area (Å²) in [6.07, 6.45) is -7.76. The maximum atomic E-state index is 13.9. The summed E-state index contributed by atoms with van der Waals surface area (Å²) < 4.78 is 202. The number of rotatable bonds is 9. The van der Waals surface area contributed by atoms with E-state index in [2.05, 4.69) is 4.74 Å². The lowest BCUT2D eigenvalue weighted by Gasteiger charge is -2.40. The number of hydrogen-bond acceptors (Lipinski definition) is 4. The van der Waals surface area contributed by atoms with Crippen molar-refractivity contribution in [1.29, 1.82) is 0 Å². The third kappa shape index (κ3) is 4.56. The molecule has 0 N–H and O–H groups in total. The fourth-order valence-corrected chi connectivity index (χ4v) is 2.96. The summed E-state index contributed by atoms with van der Waals surface area (Å²) in [6.45, 7) is -1.81. The van der Waals surface area contributed by atoms with E-state index in [1.54, 1.807) is 0 Å². The lowest BCUT2D eigenvalue weighted by Crippen LogP contribution is -2.73. The molecule has 2 aromatic carbocycles. The van der Waals surface area contributed by atoms with Gasteiger partial charge < -0.3 is 4.74 Å². The third-order valence-corrected chi connectivity index (χ3v) is 5.11. The Morgan fingerprint density at radius 1 is 0.692 bits per heavy atom. The van der Waals surface area contributed by atoms with Gasteiger partial charge >= 0.3 is 47.7 Å². The topological polar surface area (TPSA) is 69.4 Å². The highest BCUT2D eigenvalue weighted by Gasteiger charge is 2.94. The van der Waals surface area contributed by atoms with Gasteiger partial charge in [0.05, 0.1) is 15.9 Å². The summed E-state index contributed by atoms with van der Waals surface area (Å²) in [6, 6.07) is 6.69. The number of ether oxygens (including phenoxy) is 1. The first kappa shape index (κ1) is 31.7. The van der Waals surface area contributed by atoms with Gasteiger partial charge in [-0.1, -0.05) is 24.3 Å². The van der Waals surface area contributed by atoms with Gasteiger partial charge in [0.2, 0.25) is 0 Å². The summed E-state index contributed by atoms with van der Waals surface area (Å²) in [5.74, 6) is -52.9. The fourth-order valence-electron chi connectivity index (χ4n) is 2.96. The maximum Gasteiger partial charge on any atom is 0.460 e. The molecule has 0 aliphatic carbocycles. The molecule has 2 rings (SSSR count). The normalized spacial score (nSPS) is 14.4. The number of nitrogens with zero attached hydrogens (tertiary/aromatic N) is 1. The molecule has 39 heavy (non-hydrogen) atoms. The van der Waals surface area contributed by atoms with Crippen LogP contribution in [0.5, 0.6) is 0 Å². The van der Waals surface area contributed by atoms with Crippen molar-refractivity contribution in [3.63, 3.8) is 0 Å². The van der Waals surface area contributed by atoms with E-state index in [-0.39, 0.29) is 10.8 Å². The molecular weight excluding hydrogens is 591 g/mol. The second-order valence-electron chi connectivity index (χ2n) is 7.57. The van der Waals surface area contributed by atoms with Gasteiger partial charge in [-0.3, -0.25) is 10.1 Å². The second-order valence-corrected chi connectivity index (χ2v) is 7.57. The van der Waals surface area contributed by atoms with E-state index < -0.39 is 70.5 Å². The highest BCUT2D eigenvalue weighted by Crippen LogP contribution is 2.62. The average molecular weight is 599 g/mol. The molecule has 0 saturated carbocycles. The lowest BCUT2D eigenvalue weighted by atomic mass is 9.91. The SMILES string of the molecule is O=C(OCc1ccc2ccccc2c1[N+](=O)[O-])C(F)(F)C(F)(F)C(F)(F)C(F)(F)C(F)(F)C(F)(F)C(F)(F)F. The van der Waals surface area contributed by atoms with Crippen molar-refractivity contribution >= 4 is 22.4 Å². The van der Waals surface area contributed by atoms with Crippen LogP contribution in [0.25, 0.3) is 10.8 Å². The molecule has 0 spiro atoms. The molecule has 0 aromatic heterocycles. The van der Waals surface area contributed by atoms with Crippen molar-refractivity contribution in [2.45, 2.75) is 48.3 Å². The van der Waals surface area contributed by atoms with E-state index in [1.807, 2.05) is 0 Å². The van der Waals surface area contributed by atoms with Gasteiger partial charge in [0.15, 0.2) is 0 Å². The minimum Gasteiger partial charge on any atom is -0.456 e. The van der Waals surface area contributed by atoms with Gasteiger partial charge in [-0.05, 0) is 17.5 Å². The van der Waals surface area contributed by atoms with Crippen molar-refractivity contribution < 1.29 is 80.3 Å². The Balaban J connectivity index is 2.46. The van der Waals surface area contributed by atoms with Crippen LogP contribution < -0.4 is 0 Å². The molecule has 0 heterocycles. The van der Waals surface area contributed by atoms with Gasteiger partial charge in [0, 0.05) is 0 Å². The standard InChI is InChI=1S/C19H8F15NO4/c20-13(21,12(36)39-7-9-6-5-8-3-1-2-4-10(8)11(9)35(37)38)14(22,23)15(24,25)16(26,27)17(28,29)18(30,31)19(32,33)34/h1-6H,7H2. The summed E-state index contributed by atoms with van der Waals surface area (Å²) >= 11 is 0. The zero-order chi connectivity index (χ0) is 30.6. The van der Waals surface area contributed by atoms with Crippen LogP contribution >= 0.6 is 0 Å². The number of hydrogen-bond donors (Lipinski definition) is 0. The predicted octanol–water partition coefficient (Wildman–Crippen LogP) is 7.17. The quantitative estimate of drug-likeness (QED) is 0.133. The predicted molar refractivity (Wildman–Crippen MR) is 96.1 cm³/mol. The molecule has 0 fully saturated rings.